The first kappa shape index (κ1) is 15.5. The number of likely N-dealkylation sites (tertiary alicyclic amines) is 1. The maximum Gasteiger partial charge on any atom is 0.124 e. The summed E-state index contributed by atoms with van der Waals surface area (Å²) in [5, 5.41) is 0. The zero-order chi connectivity index (χ0) is 15.5. The third-order valence-corrected chi connectivity index (χ3v) is 4.80. The highest BCUT2D eigenvalue weighted by molar-refractivity contribution is 9.10. The zero-order valence-electron chi connectivity index (χ0n) is 13.0. The van der Waals surface area contributed by atoms with E-state index in [2.05, 4.69) is 50.9 Å². The molecule has 0 aliphatic carbocycles. The molecule has 116 valence electrons. The van der Waals surface area contributed by atoms with Crippen LogP contribution in [0.15, 0.2) is 47.2 Å². The minimum absolute atomic E-state index is 0.442. The summed E-state index contributed by atoms with van der Waals surface area (Å²) < 4.78 is 6.58. The molecule has 1 aliphatic heterocycles. The molecule has 3 rings (SSSR count). The second-order valence-corrected chi connectivity index (χ2v) is 6.94. The Kier molecular flexibility index (Phi) is 4.79. The van der Waals surface area contributed by atoms with E-state index in [4.69, 9.17) is 4.74 Å². The summed E-state index contributed by atoms with van der Waals surface area (Å²) in [4.78, 5) is 6.82. The predicted molar refractivity (Wildman–Crippen MR) is 91.9 cm³/mol. The molecule has 0 bridgehead atoms. The lowest BCUT2D eigenvalue weighted by Gasteiger charge is -2.25. The second kappa shape index (κ2) is 6.80. The van der Waals surface area contributed by atoms with Crippen LogP contribution in [0.2, 0.25) is 0 Å². The van der Waals surface area contributed by atoms with Crippen LogP contribution in [-0.2, 0) is 6.54 Å². The van der Waals surface area contributed by atoms with E-state index in [0.29, 0.717) is 12.0 Å². The number of aromatic nitrogens is 1. The van der Waals surface area contributed by atoms with E-state index in [9.17, 15) is 0 Å². The molecule has 2 aromatic rings. The normalized spacial score (nSPS) is 22.0. The van der Waals surface area contributed by atoms with Gasteiger partial charge < -0.3 is 4.74 Å². The first-order chi connectivity index (χ1) is 10.7. The monoisotopic (exact) mass is 360 g/mol. The largest absolute Gasteiger partial charge is 0.496 e. The molecule has 2 atom stereocenters. The van der Waals surface area contributed by atoms with Gasteiger partial charge >= 0.3 is 0 Å². The molecule has 1 fully saturated rings. The number of hydrogen-bond acceptors (Lipinski definition) is 3. The Balaban J connectivity index is 1.84. The summed E-state index contributed by atoms with van der Waals surface area (Å²) in [6, 6.07) is 10.9. The van der Waals surface area contributed by atoms with Crippen LogP contribution in [0, 0.1) is 5.92 Å². The van der Waals surface area contributed by atoms with E-state index >= 15 is 0 Å². The lowest BCUT2D eigenvalue weighted by molar-refractivity contribution is 0.241. The smallest absolute Gasteiger partial charge is 0.124 e. The predicted octanol–water partition coefficient (Wildman–Crippen LogP) is 4.44. The number of ether oxygens (including phenoxy) is 1. The molecule has 0 amide bonds. The Hall–Kier alpha value is -1.39. The van der Waals surface area contributed by atoms with Gasteiger partial charge in [0.05, 0.1) is 7.11 Å². The molecule has 0 spiro atoms. The van der Waals surface area contributed by atoms with Crippen molar-refractivity contribution in [2.75, 3.05) is 13.7 Å². The number of halogens is 1. The Morgan fingerprint density at radius 2 is 2.23 bits per heavy atom. The van der Waals surface area contributed by atoms with Crippen molar-refractivity contribution in [2.24, 2.45) is 5.92 Å². The second-order valence-electron chi connectivity index (χ2n) is 6.03. The van der Waals surface area contributed by atoms with Crippen molar-refractivity contribution in [2.45, 2.75) is 25.9 Å². The fourth-order valence-electron chi connectivity index (χ4n) is 3.29. The molecule has 3 nitrogen and oxygen atoms in total. The van der Waals surface area contributed by atoms with Gasteiger partial charge in [-0.05, 0) is 36.1 Å². The van der Waals surface area contributed by atoms with Gasteiger partial charge in [-0.25, -0.2) is 0 Å². The van der Waals surface area contributed by atoms with Crippen molar-refractivity contribution in [3.63, 3.8) is 0 Å². The van der Waals surface area contributed by atoms with E-state index < -0.39 is 0 Å². The highest BCUT2D eigenvalue weighted by Gasteiger charge is 2.31. The molecule has 2 heterocycles. The number of benzene rings is 1. The van der Waals surface area contributed by atoms with Gasteiger partial charge in [0.1, 0.15) is 5.75 Å². The van der Waals surface area contributed by atoms with Gasteiger partial charge in [-0.15, -0.1) is 0 Å². The summed E-state index contributed by atoms with van der Waals surface area (Å²) in [7, 11) is 1.73. The molecule has 1 aliphatic rings. The van der Waals surface area contributed by atoms with Crippen LogP contribution in [0.1, 0.15) is 30.5 Å². The average Bonchev–Trinajstić information content (AvgIpc) is 2.90. The maximum absolute atomic E-state index is 5.54. The minimum atomic E-state index is 0.442. The van der Waals surface area contributed by atoms with Crippen LogP contribution in [0.5, 0.6) is 5.75 Å². The minimum Gasteiger partial charge on any atom is -0.496 e. The van der Waals surface area contributed by atoms with E-state index in [1.807, 2.05) is 24.5 Å². The summed E-state index contributed by atoms with van der Waals surface area (Å²) in [5.74, 6) is 1.64. The van der Waals surface area contributed by atoms with Crippen molar-refractivity contribution >= 4 is 15.9 Å². The fourth-order valence-corrected chi connectivity index (χ4v) is 3.63. The third-order valence-electron chi connectivity index (χ3n) is 4.30. The van der Waals surface area contributed by atoms with E-state index in [0.717, 1.165) is 23.3 Å². The van der Waals surface area contributed by atoms with Crippen LogP contribution < -0.4 is 4.74 Å². The lowest BCUT2D eigenvalue weighted by Crippen LogP contribution is -2.23. The molecular formula is C18H21BrN2O. The quantitative estimate of drug-likeness (QED) is 0.805. The summed E-state index contributed by atoms with van der Waals surface area (Å²) in [6.07, 6.45) is 5.02. The molecule has 1 aromatic heterocycles. The Morgan fingerprint density at radius 3 is 2.95 bits per heavy atom. The van der Waals surface area contributed by atoms with Crippen molar-refractivity contribution in [1.29, 1.82) is 0 Å². The van der Waals surface area contributed by atoms with Crippen molar-refractivity contribution in [3.05, 3.63) is 58.3 Å². The molecule has 0 radical (unpaired) electrons. The van der Waals surface area contributed by atoms with Crippen LogP contribution in [0.4, 0.5) is 0 Å². The Morgan fingerprint density at radius 1 is 1.36 bits per heavy atom. The highest BCUT2D eigenvalue weighted by atomic mass is 79.9. The Labute approximate surface area is 140 Å². The van der Waals surface area contributed by atoms with Gasteiger partial charge in [0, 0.05) is 41.6 Å². The van der Waals surface area contributed by atoms with Crippen LogP contribution >= 0.6 is 15.9 Å². The van der Waals surface area contributed by atoms with Crippen molar-refractivity contribution in [3.8, 4) is 5.75 Å². The molecule has 0 unspecified atom stereocenters. The van der Waals surface area contributed by atoms with E-state index in [-0.39, 0.29) is 0 Å². The van der Waals surface area contributed by atoms with Crippen molar-refractivity contribution < 1.29 is 4.74 Å². The molecular weight excluding hydrogens is 340 g/mol. The molecule has 4 heteroatoms. The molecule has 0 N–H and O–H groups in total. The number of hydrogen-bond donors (Lipinski definition) is 0. The van der Waals surface area contributed by atoms with E-state index in [1.165, 1.54) is 17.5 Å². The molecule has 22 heavy (non-hydrogen) atoms. The molecule has 1 saturated heterocycles. The topological polar surface area (TPSA) is 25.4 Å². The van der Waals surface area contributed by atoms with E-state index in [1.54, 1.807) is 7.11 Å². The van der Waals surface area contributed by atoms with Crippen LogP contribution in [0.3, 0.4) is 0 Å². The third kappa shape index (κ3) is 3.33. The van der Waals surface area contributed by atoms with Crippen molar-refractivity contribution in [1.82, 2.24) is 9.88 Å². The summed E-state index contributed by atoms with van der Waals surface area (Å²) in [6.45, 7) is 4.33. The number of methoxy groups -OCH3 is 1. The SMILES string of the molecule is COc1cc(Br)ccc1CN1C[C@@H](C)C[C@@H]1c1cccnc1. The average molecular weight is 361 g/mol. The number of nitrogens with zero attached hydrogens (tertiary/aromatic N) is 2. The van der Waals surface area contributed by atoms with Gasteiger partial charge in [-0.2, -0.15) is 0 Å². The van der Waals surface area contributed by atoms with Gasteiger partial charge in [-0.3, -0.25) is 9.88 Å². The van der Waals surface area contributed by atoms with Gasteiger partial charge in [0.15, 0.2) is 0 Å². The number of pyridine rings is 1. The first-order valence-electron chi connectivity index (χ1n) is 7.63. The summed E-state index contributed by atoms with van der Waals surface area (Å²) >= 11 is 3.51. The molecule has 0 saturated carbocycles. The van der Waals surface area contributed by atoms with Crippen LogP contribution in [0.25, 0.3) is 0 Å². The number of rotatable bonds is 4. The Bertz CT molecular complexity index is 632. The summed E-state index contributed by atoms with van der Waals surface area (Å²) in [5.41, 5.74) is 2.54. The first-order valence-corrected chi connectivity index (χ1v) is 8.43. The van der Waals surface area contributed by atoms with Gasteiger partial charge in [0.2, 0.25) is 0 Å². The highest BCUT2D eigenvalue weighted by Crippen LogP contribution is 2.37. The van der Waals surface area contributed by atoms with Gasteiger partial charge in [0.25, 0.3) is 0 Å². The zero-order valence-corrected chi connectivity index (χ0v) is 14.6. The standard InChI is InChI=1S/C18H21BrN2O/c1-13-8-17(14-4-3-7-20-10-14)21(11-13)12-15-5-6-16(19)9-18(15)22-2/h3-7,9-10,13,17H,8,11-12H2,1-2H3/t13-,17+/m0/s1. The van der Waals surface area contributed by atoms with Gasteiger partial charge in [-0.1, -0.05) is 35.0 Å². The fraction of sp³-hybridized carbons (Fsp3) is 0.389. The maximum atomic E-state index is 5.54. The lowest BCUT2D eigenvalue weighted by atomic mass is 10.0. The molecule has 1 aromatic carbocycles. The van der Waals surface area contributed by atoms with Crippen LogP contribution in [-0.4, -0.2) is 23.5 Å².